The van der Waals surface area contributed by atoms with Crippen LogP contribution >= 0.6 is 0 Å². The van der Waals surface area contributed by atoms with E-state index in [1.165, 1.54) is 0 Å². The maximum absolute atomic E-state index is 12.8. The third kappa shape index (κ3) is 3.92. The van der Waals surface area contributed by atoms with Crippen molar-refractivity contribution in [3.05, 3.63) is 52.3 Å². The second kappa shape index (κ2) is 7.99. The zero-order chi connectivity index (χ0) is 19.6. The highest BCUT2D eigenvalue weighted by atomic mass is 16.5. The van der Waals surface area contributed by atoms with Gasteiger partial charge in [-0.1, -0.05) is 25.5 Å². The number of H-pyrrole nitrogens is 1. The summed E-state index contributed by atoms with van der Waals surface area (Å²) in [5, 5.41) is 0. The number of fused-ring (bicyclic) bond motifs is 1. The van der Waals surface area contributed by atoms with Crippen LogP contribution in [0.5, 0.6) is 0 Å². The average molecular weight is 368 g/mol. The summed E-state index contributed by atoms with van der Waals surface area (Å²) in [5.74, 6) is -0.141. The van der Waals surface area contributed by atoms with Crippen molar-refractivity contribution >= 4 is 17.4 Å². The Balaban J connectivity index is 1.81. The summed E-state index contributed by atoms with van der Waals surface area (Å²) in [6, 6.07) is 8.33. The summed E-state index contributed by atoms with van der Waals surface area (Å²) in [5.41, 5.74) is 4.96. The van der Waals surface area contributed by atoms with Gasteiger partial charge in [0, 0.05) is 37.5 Å². The number of nitrogens with zero attached hydrogens (tertiary/aromatic N) is 1. The molecule has 0 spiro atoms. The number of Topliss-reactive ketones (excluding diaryl/α,β-unsaturated/α-hetero) is 1. The van der Waals surface area contributed by atoms with Crippen molar-refractivity contribution in [1.82, 2.24) is 4.98 Å². The van der Waals surface area contributed by atoms with Gasteiger partial charge in [-0.25, -0.2) is 4.79 Å². The van der Waals surface area contributed by atoms with Crippen LogP contribution in [0.4, 0.5) is 5.69 Å². The van der Waals surface area contributed by atoms with Crippen LogP contribution in [0, 0.1) is 6.92 Å². The van der Waals surface area contributed by atoms with Gasteiger partial charge in [0.1, 0.15) is 5.69 Å². The van der Waals surface area contributed by atoms with Crippen LogP contribution in [0.3, 0.4) is 0 Å². The molecule has 27 heavy (non-hydrogen) atoms. The van der Waals surface area contributed by atoms with Gasteiger partial charge in [0.05, 0.1) is 6.61 Å². The van der Waals surface area contributed by atoms with Crippen LogP contribution in [-0.2, 0) is 11.2 Å². The van der Waals surface area contributed by atoms with Crippen LogP contribution in [0.15, 0.2) is 24.3 Å². The van der Waals surface area contributed by atoms with E-state index in [0.717, 1.165) is 41.8 Å². The van der Waals surface area contributed by atoms with E-state index in [-0.39, 0.29) is 17.7 Å². The number of unbranched alkanes of at least 4 members (excludes halogenated alkanes) is 1. The topological polar surface area (TPSA) is 62.4 Å². The zero-order valence-corrected chi connectivity index (χ0v) is 16.6. The predicted octanol–water partition coefficient (Wildman–Crippen LogP) is 4.26. The highest BCUT2D eigenvalue weighted by molar-refractivity contribution is 6.03. The van der Waals surface area contributed by atoms with Crippen LogP contribution < -0.4 is 4.90 Å². The molecule has 1 aromatic carbocycles. The Hall–Kier alpha value is -2.56. The number of aromatic amines is 1. The maximum atomic E-state index is 12.8. The number of benzene rings is 1. The molecule has 1 unspecified atom stereocenters. The van der Waals surface area contributed by atoms with Crippen molar-refractivity contribution < 1.29 is 14.3 Å². The van der Waals surface area contributed by atoms with E-state index < -0.39 is 0 Å². The van der Waals surface area contributed by atoms with Crippen molar-refractivity contribution in [2.24, 2.45) is 0 Å². The van der Waals surface area contributed by atoms with Gasteiger partial charge in [-0.2, -0.15) is 0 Å². The van der Waals surface area contributed by atoms with Gasteiger partial charge in [-0.05, 0) is 48.9 Å². The molecule has 1 aliphatic carbocycles. The first-order valence-electron chi connectivity index (χ1n) is 9.61. The SMILES string of the molecule is CCCCOC(=O)c1[nH]c2c(c1C)C(=O)CC(c1ccc(N(C)C)cc1)C2. The van der Waals surface area contributed by atoms with Crippen molar-refractivity contribution in [3.63, 3.8) is 0 Å². The molecular formula is C22H28N2O3. The van der Waals surface area contributed by atoms with Gasteiger partial charge in [0.2, 0.25) is 0 Å². The number of esters is 1. The standard InChI is InChI=1S/C22H28N2O3/c1-5-6-11-27-22(26)21-14(2)20-18(23-21)12-16(13-19(20)25)15-7-9-17(10-8-15)24(3)4/h7-10,16,23H,5-6,11-13H2,1-4H3. The molecule has 0 saturated heterocycles. The lowest BCUT2D eigenvalue weighted by Crippen LogP contribution is -2.18. The molecule has 1 heterocycles. The van der Waals surface area contributed by atoms with Crippen molar-refractivity contribution in [1.29, 1.82) is 0 Å². The van der Waals surface area contributed by atoms with Crippen LogP contribution in [-0.4, -0.2) is 37.4 Å². The molecule has 1 aliphatic rings. The molecule has 0 amide bonds. The number of anilines is 1. The minimum Gasteiger partial charge on any atom is -0.461 e. The predicted molar refractivity (Wildman–Crippen MR) is 107 cm³/mol. The third-order valence-electron chi connectivity index (χ3n) is 5.30. The van der Waals surface area contributed by atoms with E-state index in [1.807, 2.05) is 21.0 Å². The molecule has 3 rings (SSSR count). The minimum atomic E-state index is -0.366. The third-order valence-corrected chi connectivity index (χ3v) is 5.30. The Morgan fingerprint density at radius 1 is 1.22 bits per heavy atom. The van der Waals surface area contributed by atoms with Crippen molar-refractivity contribution in [3.8, 4) is 0 Å². The lowest BCUT2D eigenvalue weighted by molar-refractivity contribution is 0.0492. The number of carbonyl (C=O) groups excluding carboxylic acids is 2. The van der Waals surface area contributed by atoms with E-state index in [0.29, 0.717) is 24.3 Å². The number of hydrogen-bond donors (Lipinski definition) is 1. The quantitative estimate of drug-likeness (QED) is 0.611. The fourth-order valence-corrected chi connectivity index (χ4v) is 3.70. The van der Waals surface area contributed by atoms with Gasteiger partial charge in [0.15, 0.2) is 5.78 Å². The molecule has 0 radical (unpaired) electrons. The molecule has 1 atom stereocenters. The number of nitrogens with one attached hydrogen (secondary N) is 1. The lowest BCUT2D eigenvalue weighted by atomic mass is 9.81. The van der Waals surface area contributed by atoms with Gasteiger partial charge >= 0.3 is 5.97 Å². The molecule has 0 saturated carbocycles. The summed E-state index contributed by atoms with van der Waals surface area (Å²) < 4.78 is 5.32. The van der Waals surface area contributed by atoms with Gasteiger partial charge < -0.3 is 14.6 Å². The van der Waals surface area contributed by atoms with Gasteiger partial charge in [-0.3, -0.25) is 4.79 Å². The molecule has 1 aromatic heterocycles. The summed E-state index contributed by atoms with van der Waals surface area (Å²) in [6.45, 7) is 4.29. The number of hydrogen-bond acceptors (Lipinski definition) is 4. The second-order valence-electron chi connectivity index (χ2n) is 7.48. The molecule has 5 heteroatoms. The summed E-state index contributed by atoms with van der Waals surface area (Å²) in [7, 11) is 4.02. The first-order chi connectivity index (χ1) is 12.9. The fraction of sp³-hybridized carbons (Fsp3) is 0.455. The van der Waals surface area contributed by atoms with Gasteiger partial charge in [0.25, 0.3) is 0 Å². The smallest absolute Gasteiger partial charge is 0.355 e. The van der Waals surface area contributed by atoms with E-state index in [1.54, 1.807) is 0 Å². The molecule has 144 valence electrons. The van der Waals surface area contributed by atoms with Crippen LogP contribution in [0.2, 0.25) is 0 Å². The lowest BCUT2D eigenvalue weighted by Gasteiger charge is -2.23. The molecular weight excluding hydrogens is 340 g/mol. The monoisotopic (exact) mass is 368 g/mol. The molecule has 2 aromatic rings. The van der Waals surface area contributed by atoms with E-state index in [4.69, 9.17) is 4.74 Å². The molecule has 5 nitrogen and oxygen atoms in total. The van der Waals surface area contributed by atoms with Crippen molar-refractivity contribution in [2.45, 2.75) is 45.4 Å². The number of carbonyl (C=O) groups is 2. The fourth-order valence-electron chi connectivity index (χ4n) is 3.70. The first-order valence-corrected chi connectivity index (χ1v) is 9.61. The van der Waals surface area contributed by atoms with Crippen LogP contribution in [0.1, 0.15) is 69.8 Å². The largest absolute Gasteiger partial charge is 0.461 e. The number of rotatable bonds is 6. The van der Waals surface area contributed by atoms with E-state index in [9.17, 15) is 9.59 Å². The Morgan fingerprint density at radius 3 is 2.56 bits per heavy atom. The summed E-state index contributed by atoms with van der Waals surface area (Å²) >= 11 is 0. The van der Waals surface area contributed by atoms with Crippen molar-refractivity contribution in [2.75, 3.05) is 25.6 Å². The first kappa shape index (κ1) is 19.2. The van der Waals surface area contributed by atoms with Crippen LogP contribution in [0.25, 0.3) is 0 Å². The normalized spacial score (nSPS) is 16.1. The molecule has 0 aliphatic heterocycles. The zero-order valence-electron chi connectivity index (χ0n) is 16.6. The van der Waals surface area contributed by atoms with E-state index >= 15 is 0 Å². The number of ether oxygens (including phenoxy) is 1. The van der Waals surface area contributed by atoms with Gasteiger partial charge in [-0.15, -0.1) is 0 Å². The molecule has 0 bridgehead atoms. The molecule has 0 fully saturated rings. The summed E-state index contributed by atoms with van der Waals surface area (Å²) in [4.78, 5) is 30.4. The Morgan fingerprint density at radius 2 is 1.93 bits per heavy atom. The number of aromatic nitrogens is 1. The highest BCUT2D eigenvalue weighted by Crippen LogP contribution is 2.35. The van der Waals surface area contributed by atoms with E-state index in [2.05, 4.69) is 41.1 Å². The minimum absolute atomic E-state index is 0.0966. The Labute approximate surface area is 160 Å². The molecule has 1 N–H and O–H groups in total. The average Bonchev–Trinajstić information content (AvgIpc) is 2.99. The Kier molecular flexibility index (Phi) is 5.68. The summed E-state index contributed by atoms with van der Waals surface area (Å²) in [6.07, 6.45) is 3.01. The number of ketones is 1. The highest BCUT2D eigenvalue weighted by Gasteiger charge is 2.32. The second-order valence-corrected chi connectivity index (χ2v) is 7.48. The Bertz CT molecular complexity index is 834. The maximum Gasteiger partial charge on any atom is 0.355 e.